The van der Waals surface area contributed by atoms with Gasteiger partial charge in [0.25, 0.3) is 5.91 Å². The van der Waals surface area contributed by atoms with Gasteiger partial charge in [-0.05, 0) is 76.9 Å². The summed E-state index contributed by atoms with van der Waals surface area (Å²) in [6.45, 7) is 3.03. The smallest absolute Gasteiger partial charge is 0.253 e. The topological polar surface area (TPSA) is 99.4 Å². The fourth-order valence-corrected chi connectivity index (χ4v) is 4.22. The number of piperidine rings is 1. The Labute approximate surface area is 190 Å². The summed E-state index contributed by atoms with van der Waals surface area (Å²) in [7, 11) is 4.21. The van der Waals surface area contributed by atoms with E-state index in [1.54, 1.807) is 0 Å². The van der Waals surface area contributed by atoms with Crippen LogP contribution in [0.4, 0.5) is 17.5 Å². The Morgan fingerprint density at radius 2 is 2.00 bits per heavy atom. The van der Waals surface area contributed by atoms with Crippen LogP contribution < -0.4 is 16.4 Å². The minimum absolute atomic E-state index is 0.0833. The highest BCUT2D eigenvalue weighted by atomic mass is 16.2. The highest BCUT2D eigenvalue weighted by Gasteiger charge is 2.28. The summed E-state index contributed by atoms with van der Waals surface area (Å²) < 4.78 is 0. The lowest BCUT2D eigenvalue weighted by molar-refractivity contribution is 0.0663. The fourth-order valence-electron chi connectivity index (χ4n) is 4.22. The first-order chi connectivity index (χ1) is 15.5. The van der Waals surface area contributed by atoms with Gasteiger partial charge < -0.3 is 26.2 Å². The van der Waals surface area contributed by atoms with Crippen LogP contribution in [-0.2, 0) is 0 Å². The van der Waals surface area contributed by atoms with E-state index in [1.165, 1.54) is 18.4 Å². The van der Waals surface area contributed by atoms with Crippen LogP contribution in [0.2, 0.25) is 0 Å². The Morgan fingerprint density at radius 3 is 2.69 bits per heavy atom. The molecule has 0 bridgehead atoms. The number of nitrogens with zero attached hydrogens (tertiary/aromatic N) is 4. The standard InChI is InChI=1S/C24H35N7O/c1-30(2)20-9-13-31(14-10-20)23(32)18-5-3-6-19(15-18)28-24-27-16-21(17-7-8-17)22(29-24)26-12-4-11-25/h3,5-6,15-17,20H,4,7-14,25H2,1-2H3,(H2,26,27,28,29). The van der Waals surface area contributed by atoms with Crippen LogP contribution in [-0.4, -0.2) is 72.0 Å². The predicted octanol–water partition coefficient (Wildman–Crippen LogP) is 3.02. The summed E-state index contributed by atoms with van der Waals surface area (Å²) in [6.07, 6.45) is 7.22. The van der Waals surface area contributed by atoms with Crippen LogP contribution in [0.3, 0.4) is 0 Å². The number of carbonyl (C=O) groups excluding carboxylic acids is 1. The van der Waals surface area contributed by atoms with Gasteiger partial charge >= 0.3 is 0 Å². The highest BCUT2D eigenvalue weighted by Crippen LogP contribution is 2.42. The summed E-state index contributed by atoms with van der Waals surface area (Å²) in [5.74, 6) is 2.05. The average molecular weight is 438 g/mol. The van der Waals surface area contributed by atoms with Gasteiger partial charge in [-0.25, -0.2) is 4.98 Å². The van der Waals surface area contributed by atoms with Crippen LogP contribution in [0.1, 0.15) is 53.9 Å². The summed E-state index contributed by atoms with van der Waals surface area (Å²) in [5, 5.41) is 6.69. The second kappa shape index (κ2) is 10.3. The SMILES string of the molecule is CN(C)C1CCN(C(=O)c2cccc(Nc3ncc(C4CC4)c(NCCCN)n3)c2)CC1. The van der Waals surface area contributed by atoms with Crippen molar-refractivity contribution in [1.82, 2.24) is 19.8 Å². The molecular weight excluding hydrogens is 402 g/mol. The Bertz CT molecular complexity index is 920. The van der Waals surface area contributed by atoms with Crippen molar-refractivity contribution in [2.45, 2.75) is 44.1 Å². The van der Waals surface area contributed by atoms with E-state index in [0.717, 1.165) is 50.4 Å². The molecule has 172 valence electrons. The number of anilines is 3. The van der Waals surface area contributed by atoms with Gasteiger partial charge in [-0.2, -0.15) is 4.98 Å². The summed E-state index contributed by atoms with van der Waals surface area (Å²) in [4.78, 5) is 26.5. The van der Waals surface area contributed by atoms with Gasteiger partial charge in [0.1, 0.15) is 5.82 Å². The first kappa shape index (κ1) is 22.5. The van der Waals surface area contributed by atoms with Crippen molar-refractivity contribution < 1.29 is 4.79 Å². The largest absolute Gasteiger partial charge is 0.370 e. The molecule has 2 heterocycles. The molecule has 0 radical (unpaired) electrons. The lowest BCUT2D eigenvalue weighted by atomic mass is 10.0. The van der Waals surface area contributed by atoms with Gasteiger partial charge in [-0.15, -0.1) is 0 Å². The van der Waals surface area contributed by atoms with E-state index in [-0.39, 0.29) is 5.91 Å². The zero-order valence-electron chi connectivity index (χ0n) is 19.2. The van der Waals surface area contributed by atoms with Crippen molar-refractivity contribution >= 4 is 23.4 Å². The Balaban J connectivity index is 1.43. The molecule has 1 saturated heterocycles. The number of benzene rings is 1. The molecule has 1 aliphatic heterocycles. The maximum Gasteiger partial charge on any atom is 0.253 e. The zero-order chi connectivity index (χ0) is 22.5. The lowest BCUT2D eigenvalue weighted by Gasteiger charge is -2.35. The predicted molar refractivity (Wildman–Crippen MR) is 129 cm³/mol. The van der Waals surface area contributed by atoms with Gasteiger partial charge in [0.15, 0.2) is 0 Å². The minimum atomic E-state index is 0.0833. The molecule has 1 aromatic heterocycles. The van der Waals surface area contributed by atoms with E-state index in [2.05, 4.69) is 34.6 Å². The van der Waals surface area contributed by atoms with Crippen molar-refractivity contribution in [2.24, 2.45) is 5.73 Å². The second-order valence-electron chi connectivity index (χ2n) is 9.03. The van der Waals surface area contributed by atoms with Gasteiger partial charge in [0.2, 0.25) is 5.95 Å². The number of nitrogens with two attached hydrogens (primary N) is 1. The number of hydrogen-bond donors (Lipinski definition) is 3. The molecule has 1 saturated carbocycles. The van der Waals surface area contributed by atoms with E-state index in [1.807, 2.05) is 35.4 Å². The Kier molecular flexibility index (Phi) is 7.22. The second-order valence-corrected chi connectivity index (χ2v) is 9.03. The lowest BCUT2D eigenvalue weighted by Crippen LogP contribution is -2.44. The molecule has 32 heavy (non-hydrogen) atoms. The zero-order valence-corrected chi connectivity index (χ0v) is 19.2. The average Bonchev–Trinajstić information content (AvgIpc) is 3.64. The molecule has 1 amide bonds. The molecule has 2 fully saturated rings. The van der Waals surface area contributed by atoms with E-state index in [0.29, 0.717) is 30.0 Å². The molecule has 4 rings (SSSR count). The van der Waals surface area contributed by atoms with Crippen molar-refractivity contribution in [3.8, 4) is 0 Å². The van der Waals surface area contributed by atoms with Crippen LogP contribution in [0.5, 0.6) is 0 Å². The van der Waals surface area contributed by atoms with E-state index >= 15 is 0 Å². The maximum absolute atomic E-state index is 13.0. The number of carbonyl (C=O) groups is 1. The van der Waals surface area contributed by atoms with E-state index < -0.39 is 0 Å². The first-order valence-corrected chi connectivity index (χ1v) is 11.7. The molecule has 8 heteroatoms. The molecule has 1 aromatic carbocycles. The number of nitrogens with one attached hydrogen (secondary N) is 2. The third kappa shape index (κ3) is 5.55. The van der Waals surface area contributed by atoms with Gasteiger partial charge in [0.05, 0.1) is 0 Å². The van der Waals surface area contributed by atoms with Crippen LogP contribution >= 0.6 is 0 Å². The van der Waals surface area contributed by atoms with Gasteiger partial charge in [0, 0.05) is 48.7 Å². The summed E-state index contributed by atoms with van der Waals surface area (Å²) in [5.41, 5.74) is 8.31. The normalized spacial score (nSPS) is 16.9. The number of amides is 1. The van der Waals surface area contributed by atoms with Crippen molar-refractivity contribution in [3.63, 3.8) is 0 Å². The molecule has 8 nitrogen and oxygen atoms in total. The molecule has 2 aromatic rings. The van der Waals surface area contributed by atoms with Crippen LogP contribution in [0, 0.1) is 0 Å². The van der Waals surface area contributed by atoms with E-state index in [4.69, 9.17) is 10.7 Å². The Hall–Kier alpha value is -2.71. The van der Waals surface area contributed by atoms with Crippen molar-refractivity contribution in [1.29, 1.82) is 0 Å². The van der Waals surface area contributed by atoms with Crippen LogP contribution in [0.25, 0.3) is 0 Å². The van der Waals surface area contributed by atoms with Gasteiger partial charge in [-0.3, -0.25) is 4.79 Å². The fraction of sp³-hybridized carbons (Fsp3) is 0.542. The first-order valence-electron chi connectivity index (χ1n) is 11.7. The summed E-state index contributed by atoms with van der Waals surface area (Å²) in [6, 6.07) is 8.16. The highest BCUT2D eigenvalue weighted by molar-refractivity contribution is 5.95. The molecule has 0 unspecified atom stereocenters. The molecule has 4 N–H and O–H groups in total. The molecule has 1 aliphatic carbocycles. The number of aromatic nitrogens is 2. The number of likely N-dealkylation sites (tertiary alicyclic amines) is 1. The monoisotopic (exact) mass is 437 g/mol. The van der Waals surface area contributed by atoms with E-state index in [9.17, 15) is 4.79 Å². The van der Waals surface area contributed by atoms with Crippen molar-refractivity contribution in [3.05, 3.63) is 41.6 Å². The third-order valence-corrected chi connectivity index (χ3v) is 6.36. The van der Waals surface area contributed by atoms with Crippen molar-refractivity contribution in [2.75, 3.05) is 50.9 Å². The maximum atomic E-state index is 13.0. The third-order valence-electron chi connectivity index (χ3n) is 6.36. The molecule has 0 atom stereocenters. The number of hydrogen-bond acceptors (Lipinski definition) is 7. The molecular formula is C24H35N7O. The number of rotatable bonds is 9. The summed E-state index contributed by atoms with van der Waals surface area (Å²) >= 11 is 0. The van der Waals surface area contributed by atoms with Crippen LogP contribution in [0.15, 0.2) is 30.5 Å². The molecule has 2 aliphatic rings. The Morgan fingerprint density at radius 1 is 1.22 bits per heavy atom. The minimum Gasteiger partial charge on any atom is -0.370 e. The quantitative estimate of drug-likeness (QED) is 0.519. The molecule has 0 spiro atoms. The van der Waals surface area contributed by atoms with Gasteiger partial charge in [-0.1, -0.05) is 6.07 Å².